The van der Waals surface area contributed by atoms with E-state index >= 15 is 0 Å². The maximum atomic E-state index is 13.3. The highest BCUT2D eigenvalue weighted by Crippen LogP contribution is 2.21. The largest absolute Gasteiger partial charge is 0.351 e. The third kappa shape index (κ3) is 6.31. The number of nitrogens with one attached hydrogen (secondary N) is 1. The topological polar surface area (TPSA) is 66.5 Å². The summed E-state index contributed by atoms with van der Waals surface area (Å²) < 4.78 is 27.7. The summed E-state index contributed by atoms with van der Waals surface area (Å²) in [5.74, 6) is -0.426. The number of hydrogen-bond donors (Lipinski definition) is 1. The van der Waals surface area contributed by atoms with Crippen LogP contribution in [0.3, 0.4) is 0 Å². The van der Waals surface area contributed by atoms with Gasteiger partial charge in [0.05, 0.1) is 11.4 Å². The molecule has 0 bridgehead atoms. The van der Waals surface area contributed by atoms with E-state index in [0.717, 1.165) is 21.0 Å². The van der Waals surface area contributed by atoms with E-state index in [1.165, 1.54) is 24.3 Å². The number of carbonyl (C=O) groups is 1. The van der Waals surface area contributed by atoms with Crippen molar-refractivity contribution in [2.24, 2.45) is 0 Å². The Morgan fingerprint density at radius 1 is 0.968 bits per heavy atom. The number of amides is 1. The van der Waals surface area contributed by atoms with Gasteiger partial charge in [-0.25, -0.2) is 8.42 Å². The summed E-state index contributed by atoms with van der Waals surface area (Å²) in [4.78, 5) is 12.7. The quantitative estimate of drug-likeness (QED) is 0.507. The van der Waals surface area contributed by atoms with Gasteiger partial charge in [-0.3, -0.25) is 4.79 Å². The fourth-order valence-electron chi connectivity index (χ4n) is 3.05. The van der Waals surface area contributed by atoms with Crippen LogP contribution in [0, 0.1) is 6.92 Å². The minimum atomic E-state index is -3.93. The van der Waals surface area contributed by atoms with E-state index in [2.05, 4.69) is 5.32 Å². The summed E-state index contributed by atoms with van der Waals surface area (Å²) >= 11 is 12.0. The zero-order valence-corrected chi connectivity index (χ0v) is 19.2. The van der Waals surface area contributed by atoms with Gasteiger partial charge < -0.3 is 5.32 Å². The van der Waals surface area contributed by atoms with Crippen molar-refractivity contribution in [3.63, 3.8) is 0 Å². The smallest absolute Gasteiger partial charge is 0.243 e. The number of carbonyl (C=O) groups excluding carboxylic acids is 1. The van der Waals surface area contributed by atoms with E-state index in [1.54, 1.807) is 18.2 Å². The number of sulfonamides is 1. The van der Waals surface area contributed by atoms with Crippen LogP contribution < -0.4 is 5.32 Å². The van der Waals surface area contributed by atoms with Crippen molar-refractivity contribution in [3.8, 4) is 0 Å². The maximum absolute atomic E-state index is 13.3. The van der Waals surface area contributed by atoms with E-state index in [-0.39, 0.29) is 24.5 Å². The first-order valence-electron chi connectivity index (χ1n) is 9.57. The van der Waals surface area contributed by atoms with Crippen LogP contribution in [0.4, 0.5) is 0 Å². The van der Waals surface area contributed by atoms with Gasteiger partial charge in [-0.15, -0.1) is 0 Å². The number of aryl methyl sites for hydroxylation is 1. The molecule has 8 heteroatoms. The zero-order chi connectivity index (χ0) is 22.4. The molecule has 0 radical (unpaired) electrons. The molecule has 0 spiro atoms. The average molecular weight is 477 g/mol. The van der Waals surface area contributed by atoms with Gasteiger partial charge >= 0.3 is 0 Å². The van der Waals surface area contributed by atoms with Crippen molar-refractivity contribution >= 4 is 39.1 Å². The highest BCUT2D eigenvalue weighted by Gasteiger charge is 2.27. The van der Waals surface area contributed by atoms with Crippen LogP contribution in [0.2, 0.25) is 10.0 Å². The summed E-state index contributed by atoms with van der Waals surface area (Å²) in [6.07, 6.45) is 0. The molecule has 0 aliphatic heterocycles. The molecule has 162 valence electrons. The monoisotopic (exact) mass is 476 g/mol. The summed E-state index contributed by atoms with van der Waals surface area (Å²) in [5, 5.41) is 3.72. The summed E-state index contributed by atoms with van der Waals surface area (Å²) in [6, 6.07) is 20.6. The number of hydrogen-bond acceptors (Lipinski definition) is 3. The molecule has 0 saturated carbocycles. The van der Waals surface area contributed by atoms with Crippen LogP contribution in [0.5, 0.6) is 0 Å². The number of nitrogens with zero attached hydrogens (tertiary/aromatic N) is 1. The van der Waals surface area contributed by atoms with Crippen LogP contribution in [0.1, 0.15) is 16.7 Å². The normalized spacial score (nSPS) is 11.5. The number of halogens is 2. The molecule has 0 heterocycles. The highest BCUT2D eigenvalue weighted by molar-refractivity contribution is 7.89. The lowest BCUT2D eigenvalue weighted by Crippen LogP contribution is -2.40. The molecule has 0 aliphatic carbocycles. The predicted molar refractivity (Wildman–Crippen MR) is 124 cm³/mol. The molecule has 5 nitrogen and oxygen atoms in total. The Morgan fingerprint density at radius 2 is 1.68 bits per heavy atom. The third-order valence-corrected chi connectivity index (χ3v) is 7.07. The van der Waals surface area contributed by atoms with Crippen LogP contribution in [-0.2, 0) is 27.9 Å². The molecule has 0 fully saturated rings. The molecule has 3 aromatic rings. The van der Waals surface area contributed by atoms with Gasteiger partial charge in [-0.1, -0.05) is 71.2 Å². The summed E-state index contributed by atoms with van der Waals surface area (Å²) in [5.41, 5.74) is 2.55. The lowest BCUT2D eigenvalue weighted by molar-refractivity contribution is -0.121. The summed E-state index contributed by atoms with van der Waals surface area (Å²) in [6.45, 7) is 1.87. The molecule has 0 unspecified atom stereocenters. The molecule has 1 N–H and O–H groups in total. The van der Waals surface area contributed by atoms with Gasteiger partial charge in [-0.2, -0.15) is 4.31 Å². The van der Waals surface area contributed by atoms with Gasteiger partial charge in [0.15, 0.2) is 0 Å². The Bertz CT molecular complexity index is 1170. The Kier molecular flexibility index (Phi) is 7.73. The van der Waals surface area contributed by atoms with E-state index in [9.17, 15) is 13.2 Å². The van der Waals surface area contributed by atoms with Crippen LogP contribution >= 0.6 is 23.2 Å². The van der Waals surface area contributed by atoms with Crippen molar-refractivity contribution in [3.05, 3.63) is 99.5 Å². The van der Waals surface area contributed by atoms with E-state index in [4.69, 9.17) is 23.2 Å². The molecule has 1 amide bonds. The van der Waals surface area contributed by atoms with Crippen LogP contribution in [-0.4, -0.2) is 25.2 Å². The maximum Gasteiger partial charge on any atom is 0.243 e. The molecule has 3 aromatic carbocycles. The molecule has 0 aromatic heterocycles. The van der Waals surface area contributed by atoms with Gasteiger partial charge in [0.1, 0.15) is 0 Å². The van der Waals surface area contributed by atoms with E-state index in [0.29, 0.717) is 10.0 Å². The van der Waals surface area contributed by atoms with E-state index in [1.807, 2.05) is 37.3 Å². The highest BCUT2D eigenvalue weighted by atomic mass is 35.5. The molecule has 0 saturated heterocycles. The Hall–Kier alpha value is -2.38. The standard InChI is InChI=1S/C23H22Cl2N2O3S/c1-17-5-4-6-18(13-17)15-27(31(29,30)21-11-9-20(24)10-12-21)16-23(28)26-14-19-7-2-3-8-22(19)25/h2-13H,14-16H2,1H3,(H,26,28). The number of benzene rings is 3. The molecule has 0 atom stereocenters. The van der Waals surface area contributed by atoms with E-state index < -0.39 is 15.9 Å². The zero-order valence-electron chi connectivity index (χ0n) is 16.9. The van der Waals surface area contributed by atoms with Crippen molar-refractivity contribution in [2.75, 3.05) is 6.54 Å². The summed E-state index contributed by atoms with van der Waals surface area (Å²) in [7, 11) is -3.93. The third-order valence-electron chi connectivity index (χ3n) is 4.65. The first-order chi connectivity index (χ1) is 14.8. The minimum absolute atomic E-state index is 0.0617. The second kappa shape index (κ2) is 10.3. The molecular formula is C23H22Cl2N2O3S. The molecule has 0 aliphatic rings. The van der Waals surface area contributed by atoms with Gasteiger partial charge in [0.25, 0.3) is 0 Å². The molecule has 3 rings (SSSR count). The van der Waals surface area contributed by atoms with Crippen molar-refractivity contribution in [1.82, 2.24) is 9.62 Å². The van der Waals surface area contributed by atoms with Gasteiger partial charge in [0.2, 0.25) is 15.9 Å². The minimum Gasteiger partial charge on any atom is -0.351 e. The first kappa shape index (κ1) is 23.3. The average Bonchev–Trinajstić information content (AvgIpc) is 2.73. The number of rotatable bonds is 8. The van der Waals surface area contributed by atoms with Crippen molar-refractivity contribution in [1.29, 1.82) is 0 Å². The fraction of sp³-hybridized carbons (Fsp3) is 0.174. The van der Waals surface area contributed by atoms with Crippen molar-refractivity contribution in [2.45, 2.75) is 24.9 Å². The molecule has 31 heavy (non-hydrogen) atoms. The van der Waals surface area contributed by atoms with Gasteiger partial charge in [0, 0.05) is 23.1 Å². The predicted octanol–water partition coefficient (Wildman–Crippen LogP) is 4.81. The second-order valence-corrected chi connectivity index (χ2v) is 9.87. The molecular weight excluding hydrogens is 455 g/mol. The lowest BCUT2D eigenvalue weighted by atomic mass is 10.1. The SMILES string of the molecule is Cc1cccc(CN(CC(=O)NCc2ccccc2Cl)S(=O)(=O)c2ccc(Cl)cc2)c1. The van der Waals surface area contributed by atoms with Gasteiger partial charge in [-0.05, 0) is 48.4 Å². The van der Waals surface area contributed by atoms with Crippen molar-refractivity contribution < 1.29 is 13.2 Å². The first-order valence-corrected chi connectivity index (χ1v) is 11.8. The Labute approximate surface area is 192 Å². The Morgan fingerprint density at radius 3 is 2.35 bits per heavy atom. The fourth-order valence-corrected chi connectivity index (χ4v) is 4.76. The van der Waals surface area contributed by atoms with Crippen LogP contribution in [0.15, 0.2) is 77.7 Å². The Balaban J connectivity index is 1.82. The second-order valence-electron chi connectivity index (χ2n) is 7.08. The van der Waals surface area contributed by atoms with Crippen LogP contribution in [0.25, 0.3) is 0 Å². The lowest BCUT2D eigenvalue weighted by Gasteiger charge is -2.22.